The monoisotopic (exact) mass is 616 g/mol. The van der Waals surface area contributed by atoms with Gasteiger partial charge >= 0.3 is 0 Å². The molecule has 0 saturated carbocycles. The molecule has 4 aromatic rings. The molecule has 0 aromatic heterocycles. The van der Waals surface area contributed by atoms with E-state index in [1.165, 1.54) is 33.4 Å². The number of rotatable bonds is 8. The lowest BCUT2D eigenvalue weighted by Crippen LogP contribution is -2.19. The number of nitrogens with zero attached hydrogens (tertiary/aromatic N) is 2. The summed E-state index contributed by atoms with van der Waals surface area (Å²) in [6.45, 7) is 13.5. The number of halogens is 1. The van der Waals surface area contributed by atoms with Gasteiger partial charge in [0.25, 0.3) is 0 Å². The van der Waals surface area contributed by atoms with Crippen molar-refractivity contribution in [1.82, 2.24) is 0 Å². The van der Waals surface area contributed by atoms with Crippen molar-refractivity contribution >= 4 is 27.4 Å². The second kappa shape index (κ2) is 12.4. The van der Waals surface area contributed by atoms with E-state index < -0.39 is 0 Å². The van der Waals surface area contributed by atoms with Crippen LogP contribution in [0.25, 0.3) is 11.1 Å². The number of benzene rings is 4. The second-order valence-corrected chi connectivity index (χ2v) is 12.7. The Morgan fingerprint density at radius 1 is 0.786 bits per heavy atom. The third-order valence-corrected chi connectivity index (χ3v) is 9.47. The maximum absolute atomic E-state index is 5.41. The third kappa shape index (κ3) is 5.47. The second-order valence-electron chi connectivity index (χ2n) is 11.8. The van der Waals surface area contributed by atoms with Gasteiger partial charge < -0.3 is 0 Å². The highest BCUT2D eigenvalue weighted by molar-refractivity contribution is 9.10. The van der Waals surface area contributed by atoms with Crippen molar-refractivity contribution in [3.05, 3.63) is 140 Å². The molecule has 2 nitrogen and oxygen atoms in total. The molecule has 0 fully saturated rings. The van der Waals surface area contributed by atoms with E-state index in [-0.39, 0.29) is 11.3 Å². The largest absolute Gasteiger partial charge is 0.292 e. The summed E-state index contributed by atoms with van der Waals surface area (Å²) in [6.07, 6.45) is 1.91. The number of fused-ring (bicyclic) bond motifs is 3. The van der Waals surface area contributed by atoms with Gasteiger partial charge in [0.15, 0.2) is 0 Å². The fourth-order valence-corrected chi connectivity index (χ4v) is 6.76. The molecule has 0 aliphatic heterocycles. The summed E-state index contributed by atoms with van der Waals surface area (Å²) < 4.78 is 1.06. The fraction of sp³-hybridized carbons (Fsp3) is 0.282. The van der Waals surface area contributed by atoms with Gasteiger partial charge in [-0.25, -0.2) is 0 Å². The zero-order valence-electron chi connectivity index (χ0n) is 25.9. The molecule has 0 spiro atoms. The summed E-state index contributed by atoms with van der Waals surface area (Å²) in [7, 11) is 1.91. The molecule has 0 bridgehead atoms. The van der Waals surface area contributed by atoms with E-state index in [0.29, 0.717) is 0 Å². The predicted octanol–water partition coefficient (Wildman–Crippen LogP) is 10.9. The minimum Gasteiger partial charge on any atom is -0.292 e. The van der Waals surface area contributed by atoms with Crippen LogP contribution in [0.5, 0.6) is 0 Å². The van der Waals surface area contributed by atoms with Crippen LogP contribution in [0.3, 0.4) is 0 Å². The molecule has 0 N–H and O–H groups in total. The molecule has 0 amide bonds. The molecule has 0 heterocycles. The van der Waals surface area contributed by atoms with Crippen LogP contribution in [0.1, 0.15) is 93.7 Å². The lowest BCUT2D eigenvalue weighted by atomic mass is 9.80. The topological polar surface area (TPSA) is 24.7 Å². The van der Waals surface area contributed by atoms with Gasteiger partial charge in [-0.3, -0.25) is 9.98 Å². The quantitative estimate of drug-likeness (QED) is 0.176. The number of aliphatic imine (C=N–C) groups is 2. The highest BCUT2D eigenvalue weighted by atomic mass is 79.9. The first kappa shape index (κ1) is 29.9. The minimum absolute atomic E-state index is 0.0779. The Morgan fingerprint density at radius 3 is 2.21 bits per heavy atom. The minimum atomic E-state index is -0.0779. The molecule has 0 saturated heterocycles. The summed E-state index contributed by atoms with van der Waals surface area (Å²) in [5.74, 6) is 0.123. The van der Waals surface area contributed by atoms with Crippen molar-refractivity contribution < 1.29 is 0 Å². The van der Waals surface area contributed by atoms with E-state index >= 15 is 0 Å². The lowest BCUT2D eigenvalue weighted by molar-refractivity contribution is 0.660. The maximum Gasteiger partial charge on any atom is 0.0780 e. The number of allylic oxidation sites excluding steroid dienone is 2. The zero-order chi connectivity index (χ0) is 30.0. The van der Waals surface area contributed by atoms with Crippen LogP contribution in [-0.4, -0.2) is 18.5 Å². The standard InChI is InChI=1S/C39H41BrN2/c1-8-25(3)26(4)42-38(28-21-22-33-32-18-12-13-20-35(32)39(5,6)36(33)24-28)34-19-11-10-17-31(34)30(9-2)37(41-7)27-15-14-16-29(40)23-27/h10-24,30H,8-9H2,1-7H3/b26-25-,41-37?,42-38?. The van der Waals surface area contributed by atoms with Crippen LogP contribution in [0, 0.1) is 0 Å². The summed E-state index contributed by atoms with van der Waals surface area (Å²) in [4.78, 5) is 10.3. The third-order valence-electron chi connectivity index (χ3n) is 8.98. The van der Waals surface area contributed by atoms with Gasteiger partial charge in [-0.2, -0.15) is 0 Å². The van der Waals surface area contributed by atoms with Crippen LogP contribution in [0.15, 0.2) is 117 Å². The molecule has 0 radical (unpaired) electrons. The summed E-state index contributed by atoms with van der Waals surface area (Å²) in [5.41, 5.74) is 14.5. The molecular formula is C39H41BrN2. The van der Waals surface area contributed by atoms with Gasteiger partial charge in [0.1, 0.15) is 0 Å². The van der Waals surface area contributed by atoms with Crippen molar-refractivity contribution in [2.24, 2.45) is 9.98 Å². The Kier molecular flexibility index (Phi) is 8.80. The summed E-state index contributed by atoms with van der Waals surface area (Å²) >= 11 is 3.67. The smallest absolute Gasteiger partial charge is 0.0780 e. The molecule has 42 heavy (non-hydrogen) atoms. The van der Waals surface area contributed by atoms with Crippen LogP contribution in [0.2, 0.25) is 0 Å². The Hall–Kier alpha value is -3.56. The Labute approximate surface area is 260 Å². The van der Waals surface area contributed by atoms with Crippen molar-refractivity contribution in [3.63, 3.8) is 0 Å². The fourth-order valence-electron chi connectivity index (χ4n) is 6.36. The zero-order valence-corrected chi connectivity index (χ0v) is 27.5. The van der Waals surface area contributed by atoms with E-state index in [0.717, 1.165) is 51.1 Å². The van der Waals surface area contributed by atoms with Gasteiger partial charge in [0, 0.05) is 45.4 Å². The average Bonchev–Trinajstić information content (AvgIpc) is 3.24. The van der Waals surface area contributed by atoms with Crippen LogP contribution >= 0.6 is 15.9 Å². The van der Waals surface area contributed by atoms with Gasteiger partial charge in [-0.15, -0.1) is 0 Å². The highest BCUT2D eigenvalue weighted by Gasteiger charge is 2.35. The number of hydrogen-bond donors (Lipinski definition) is 0. The first-order valence-electron chi connectivity index (χ1n) is 15.0. The van der Waals surface area contributed by atoms with Crippen LogP contribution < -0.4 is 0 Å². The van der Waals surface area contributed by atoms with Gasteiger partial charge in [-0.1, -0.05) is 122 Å². The summed E-state index contributed by atoms with van der Waals surface area (Å²) in [5, 5.41) is 0. The normalized spacial score (nSPS) is 15.6. The van der Waals surface area contributed by atoms with Crippen LogP contribution in [-0.2, 0) is 5.41 Å². The van der Waals surface area contributed by atoms with Gasteiger partial charge in [-0.05, 0) is 78.3 Å². The van der Waals surface area contributed by atoms with E-state index in [1.54, 1.807) is 0 Å². The van der Waals surface area contributed by atoms with E-state index in [9.17, 15) is 0 Å². The Balaban J connectivity index is 1.72. The van der Waals surface area contributed by atoms with E-state index in [4.69, 9.17) is 9.98 Å². The molecule has 3 heteroatoms. The van der Waals surface area contributed by atoms with Crippen LogP contribution in [0.4, 0.5) is 0 Å². The lowest BCUT2D eigenvalue weighted by Gasteiger charge is -2.24. The first-order chi connectivity index (χ1) is 20.2. The van der Waals surface area contributed by atoms with Crippen molar-refractivity contribution in [2.45, 2.75) is 65.7 Å². The molecule has 5 rings (SSSR count). The summed E-state index contributed by atoms with van der Waals surface area (Å²) in [6, 6.07) is 33.1. The molecule has 1 aliphatic carbocycles. The molecule has 1 aliphatic rings. The Bertz CT molecular complexity index is 1720. The maximum atomic E-state index is 5.41. The predicted molar refractivity (Wildman–Crippen MR) is 184 cm³/mol. The Morgan fingerprint density at radius 2 is 1.50 bits per heavy atom. The first-order valence-corrected chi connectivity index (χ1v) is 15.8. The van der Waals surface area contributed by atoms with Crippen molar-refractivity contribution in [2.75, 3.05) is 7.05 Å². The van der Waals surface area contributed by atoms with Gasteiger partial charge in [0.2, 0.25) is 0 Å². The molecule has 1 atom stereocenters. The molecule has 4 aromatic carbocycles. The van der Waals surface area contributed by atoms with Crippen molar-refractivity contribution in [3.8, 4) is 11.1 Å². The van der Waals surface area contributed by atoms with Gasteiger partial charge in [0.05, 0.1) is 5.71 Å². The molecule has 214 valence electrons. The van der Waals surface area contributed by atoms with Crippen molar-refractivity contribution in [1.29, 1.82) is 0 Å². The SMILES string of the molecule is CC/C(C)=C(/C)N=C(c1ccc2c(c1)C(C)(C)c1ccccc1-2)c1ccccc1C(CC)C(=NC)c1cccc(Br)c1. The van der Waals surface area contributed by atoms with E-state index in [2.05, 4.69) is 148 Å². The highest BCUT2D eigenvalue weighted by Crippen LogP contribution is 2.49. The molecular weight excluding hydrogens is 576 g/mol. The van der Waals surface area contributed by atoms with E-state index in [1.807, 2.05) is 7.05 Å². The molecule has 1 unspecified atom stereocenters. The average molecular weight is 618 g/mol. The number of hydrogen-bond acceptors (Lipinski definition) is 2.